The summed E-state index contributed by atoms with van der Waals surface area (Å²) in [7, 11) is 0. The second-order valence-corrected chi connectivity index (χ2v) is 28.5. The van der Waals surface area contributed by atoms with E-state index in [0.29, 0.717) is 0 Å². The third kappa shape index (κ3) is 9.89. The number of para-hydroxylation sites is 3. The highest BCUT2D eigenvalue weighted by Crippen LogP contribution is 2.50. The van der Waals surface area contributed by atoms with E-state index in [4.69, 9.17) is 0 Å². The molecule has 0 radical (unpaired) electrons. The molecular formula is C100H70N4. The number of rotatable bonds is 9. The molecular weight excluding hydrogens is 1260 g/mol. The zero-order valence-electron chi connectivity index (χ0n) is 58.0. The molecule has 0 saturated carbocycles. The summed E-state index contributed by atoms with van der Waals surface area (Å²) in [6.45, 7) is 6.89. The van der Waals surface area contributed by atoms with E-state index in [0.717, 1.165) is 17.1 Å². The molecule has 0 fully saturated rings. The lowest BCUT2D eigenvalue weighted by Crippen LogP contribution is -2.15. The van der Waals surface area contributed by atoms with Crippen molar-refractivity contribution in [2.24, 2.45) is 0 Å². The van der Waals surface area contributed by atoms with Crippen molar-refractivity contribution in [3.8, 4) is 89.5 Å². The van der Waals surface area contributed by atoms with Crippen molar-refractivity contribution in [1.29, 1.82) is 0 Å². The second-order valence-electron chi connectivity index (χ2n) is 28.5. The third-order valence-corrected chi connectivity index (χ3v) is 22.1. The highest BCUT2D eigenvalue weighted by molar-refractivity contribution is 6.15. The molecule has 21 rings (SSSR count). The molecule has 4 heteroatoms. The molecule has 0 saturated heterocycles. The van der Waals surface area contributed by atoms with E-state index in [1.807, 2.05) is 0 Å². The van der Waals surface area contributed by atoms with Gasteiger partial charge < -0.3 is 18.3 Å². The topological polar surface area (TPSA) is 19.7 Å². The van der Waals surface area contributed by atoms with Gasteiger partial charge >= 0.3 is 0 Å². The van der Waals surface area contributed by atoms with Crippen LogP contribution in [-0.4, -0.2) is 18.3 Å². The minimum atomic E-state index is -0.0543. The molecule has 1 aliphatic carbocycles. The lowest BCUT2D eigenvalue weighted by molar-refractivity contribution is 0.660. The monoisotopic (exact) mass is 1330 g/mol. The largest absolute Gasteiger partial charge is 0.309 e. The van der Waals surface area contributed by atoms with Gasteiger partial charge in [0.2, 0.25) is 0 Å². The quantitative estimate of drug-likeness (QED) is 0.137. The van der Waals surface area contributed by atoms with E-state index in [1.54, 1.807) is 0 Å². The Bertz CT molecular complexity index is 6760. The average molecular weight is 1330 g/mol. The molecule has 20 aromatic rings. The maximum atomic E-state index is 2.45. The van der Waals surface area contributed by atoms with E-state index < -0.39 is 0 Å². The number of hydrogen-bond acceptors (Lipinski definition) is 0. The summed E-state index contributed by atoms with van der Waals surface area (Å²) in [4.78, 5) is 0. The summed E-state index contributed by atoms with van der Waals surface area (Å²) in [5, 5.41) is 10.1. The maximum Gasteiger partial charge on any atom is 0.0541 e. The van der Waals surface area contributed by atoms with E-state index in [2.05, 4.69) is 409 Å². The minimum absolute atomic E-state index is 0.0543. The van der Waals surface area contributed by atoms with Gasteiger partial charge in [0.1, 0.15) is 0 Å². The maximum absolute atomic E-state index is 2.45. The molecule has 4 heterocycles. The molecule has 0 atom stereocenters. The van der Waals surface area contributed by atoms with Crippen LogP contribution in [0.4, 0.5) is 0 Å². The number of aryl methyl sites for hydroxylation is 1. The molecule has 0 aliphatic heterocycles. The Labute approximate surface area is 604 Å². The molecule has 0 N–H and O–H groups in total. The Morgan fingerprint density at radius 1 is 0.183 bits per heavy atom. The molecule has 490 valence electrons. The molecule has 104 heavy (non-hydrogen) atoms. The van der Waals surface area contributed by atoms with Crippen LogP contribution in [0.15, 0.2) is 370 Å². The molecule has 0 bridgehead atoms. The van der Waals surface area contributed by atoms with E-state index in [1.165, 1.54) is 176 Å². The van der Waals surface area contributed by atoms with Gasteiger partial charge in [-0.3, -0.25) is 0 Å². The van der Waals surface area contributed by atoms with Gasteiger partial charge in [-0.25, -0.2) is 0 Å². The zero-order valence-corrected chi connectivity index (χ0v) is 58.0. The fraction of sp³-hybridized carbons (Fsp3) is 0.0400. The highest BCUT2D eigenvalue weighted by Gasteiger charge is 2.35. The molecule has 16 aromatic carbocycles. The summed E-state index contributed by atoms with van der Waals surface area (Å²) in [5.74, 6) is 0. The van der Waals surface area contributed by atoms with Crippen molar-refractivity contribution in [1.82, 2.24) is 18.3 Å². The molecule has 0 unspecified atom stereocenters. The smallest absolute Gasteiger partial charge is 0.0541 e. The van der Waals surface area contributed by atoms with Gasteiger partial charge in [-0.05, 0) is 212 Å². The van der Waals surface area contributed by atoms with Gasteiger partial charge in [0.25, 0.3) is 0 Å². The third-order valence-electron chi connectivity index (χ3n) is 22.1. The standard InChI is InChI=1S/C51H36N2.C49H34N2/c1-51(2)45-17-9-6-14-39(45)40-27-26-38(32-46(40)51)53-48-19-11-8-16-42(48)44-31-36(23-29-50(44)53)35-22-28-49-43(30-35)41-15-7-10-18-47(41)52(49)37-24-20-34(21-25-37)33-12-4-3-5-13-33;1-33-16-27-47-43(30-33)45-32-39(22-29-49(45)51(47)41-25-19-37(20-26-41)35-12-6-3-7-13-35)38-21-28-48-44(31-38)42-14-8-9-15-46(42)50(48)40-23-17-36(18-24-40)34-10-4-2-5-11-34/h3-32H,1-2H3;2-32H,1H3. The molecule has 4 nitrogen and oxygen atoms in total. The van der Waals surface area contributed by atoms with Crippen LogP contribution in [0, 0.1) is 6.92 Å². The van der Waals surface area contributed by atoms with Crippen molar-refractivity contribution in [3.05, 3.63) is 387 Å². The predicted octanol–water partition coefficient (Wildman–Crippen LogP) is 26.7. The number of hydrogen-bond donors (Lipinski definition) is 0. The van der Waals surface area contributed by atoms with Crippen LogP contribution in [-0.2, 0) is 5.41 Å². The van der Waals surface area contributed by atoms with Crippen LogP contribution >= 0.6 is 0 Å². The van der Waals surface area contributed by atoms with Crippen LogP contribution in [0.3, 0.4) is 0 Å². The molecule has 0 amide bonds. The van der Waals surface area contributed by atoms with Crippen molar-refractivity contribution < 1.29 is 0 Å². The zero-order chi connectivity index (χ0) is 69.2. The van der Waals surface area contributed by atoms with Gasteiger partial charge in [0.05, 0.1) is 44.1 Å². The highest BCUT2D eigenvalue weighted by atomic mass is 15.0. The van der Waals surface area contributed by atoms with Crippen molar-refractivity contribution >= 4 is 87.2 Å². The Morgan fingerprint density at radius 2 is 0.452 bits per heavy atom. The normalized spacial score (nSPS) is 12.5. The summed E-state index contributed by atoms with van der Waals surface area (Å²) in [6.07, 6.45) is 0. The first-order valence-corrected chi connectivity index (χ1v) is 36.1. The summed E-state index contributed by atoms with van der Waals surface area (Å²) >= 11 is 0. The van der Waals surface area contributed by atoms with Crippen LogP contribution in [0.2, 0.25) is 0 Å². The first kappa shape index (κ1) is 60.7. The van der Waals surface area contributed by atoms with Crippen LogP contribution in [0.25, 0.3) is 177 Å². The van der Waals surface area contributed by atoms with E-state index in [-0.39, 0.29) is 5.41 Å². The Kier molecular flexibility index (Phi) is 14.1. The van der Waals surface area contributed by atoms with Gasteiger partial charge in [-0.1, -0.05) is 262 Å². The fourth-order valence-electron chi connectivity index (χ4n) is 17.0. The lowest BCUT2D eigenvalue weighted by Gasteiger charge is -2.22. The number of aromatic nitrogens is 4. The van der Waals surface area contributed by atoms with Crippen molar-refractivity contribution in [3.63, 3.8) is 0 Å². The number of benzene rings is 16. The Hall–Kier alpha value is -13.3. The van der Waals surface area contributed by atoms with Crippen LogP contribution in [0.5, 0.6) is 0 Å². The number of nitrogens with zero attached hydrogens (tertiary/aromatic N) is 4. The van der Waals surface area contributed by atoms with E-state index in [9.17, 15) is 0 Å². The average Bonchev–Trinajstić information content (AvgIpc) is 1.58. The van der Waals surface area contributed by atoms with E-state index >= 15 is 0 Å². The molecule has 1 aliphatic rings. The predicted molar refractivity (Wildman–Crippen MR) is 440 cm³/mol. The fourth-order valence-corrected chi connectivity index (χ4v) is 17.0. The Balaban J connectivity index is 0.000000139. The second kappa shape index (κ2) is 24.2. The van der Waals surface area contributed by atoms with Crippen LogP contribution < -0.4 is 0 Å². The summed E-state index contributed by atoms with van der Waals surface area (Å²) in [5.41, 5.74) is 33.3. The number of fused-ring (bicyclic) bond motifs is 15. The van der Waals surface area contributed by atoms with Gasteiger partial charge in [-0.15, -0.1) is 0 Å². The molecule has 0 spiro atoms. The van der Waals surface area contributed by atoms with Crippen LogP contribution in [0.1, 0.15) is 30.5 Å². The summed E-state index contributed by atoms with van der Waals surface area (Å²) in [6, 6.07) is 136. The Morgan fingerprint density at radius 3 is 0.846 bits per heavy atom. The van der Waals surface area contributed by atoms with Gasteiger partial charge in [-0.2, -0.15) is 0 Å². The SMILES string of the molecule is CC1(C)c2ccccc2-c2ccc(-n3c4ccccc4c4cc(-c5ccc6c(c5)c5ccccc5n6-c5ccc(-c6ccccc6)cc5)ccc43)cc21.Cc1ccc2c(c1)c1cc(-c3ccc4c(c3)c3ccccc3n4-c3ccc(-c4ccccc4)cc3)ccc1n2-c1ccc(-c2ccccc2)cc1. The van der Waals surface area contributed by atoms with Gasteiger partial charge in [0.15, 0.2) is 0 Å². The first-order chi connectivity index (χ1) is 51.2. The van der Waals surface area contributed by atoms with Crippen molar-refractivity contribution in [2.75, 3.05) is 0 Å². The lowest BCUT2D eigenvalue weighted by atomic mass is 9.82. The first-order valence-electron chi connectivity index (χ1n) is 36.1. The molecule has 4 aromatic heterocycles. The van der Waals surface area contributed by atoms with Crippen molar-refractivity contribution in [2.45, 2.75) is 26.2 Å². The van der Waals surface area contributed by atoms with Gasteiger partial charge in [0, 0.05) is 71.3 Å². The summed E-state index contributed by atoms with van der Waals surface area (Å²) < 4.78 is 9.65. The minimum Gasteiger partial charge on any atom is -0.309 e.